The number of benzene rings is 1. The van der Waals surface area contributed by atoms with E-state index in [2.05, 4.69) is 21.9 Å². The van der Waals surface area contributed by atoms with Gasteiger partial charge in [-0.1, -0.05) is 61.9 Å². The van der Waals surface area contributed by atoms with Gasteiger partial charge in [0.05, 0.1) is 11.3 Å². The second kappa shape index (κ2) is 14.1. The molecule has 1 aromatic rings. The van der Waals surface area contributed by atoms with E-state index in [-0.39, 0.29) is 31.2 Å². The first-order valence-corrected chi connectivity index (χ1v) is 18.2. The molecule has 4 aliphatic rings. The van der Waals surface area contributed by atoms with Crippen molar-refractivity contribution in [2.24, 2.45) is 5.92 Å². The molecule has 11 heteroatoms. The Morgan fingerprint density at radius 1 is 1.13 bits per heavy atom. The zero-order valence-electron chi connectivity index (χ0n) is 27.7. The van der Waals surface area contributed by atoms with Crippen molar-refractivity contribution in [3.8, 4) is 0 Å². The van der Waals surface area contributed by atoms with Crippen molar-refractivity contribution in [3.05, 3.63) is 78.6 Å². The van der Waals surface area contributed by atoms with Gasteiger partial charge in [0.15, 0.2) is 0 Å². The number of anilines is 1. The molecule has 0 aromatic heterocycles. The summed E-state index contributed by atoms with van der Waals surface area (Å²) in [5, 5.41) is 6.34. The first-order chi connectivity index (χ1) is 22.4. The van der Waals surface area contributed by atoms with Gasteiger partial charge in [-0.3, -0.25) is 19.1 Å². The number of hydrogen-bond donors (Lipinski definition) is 3. The van der Waals surface area contributed by atoms with E-state index in [1.54, 1.807) is 17.9 Å². The lowest BCUT2D eigenvalue weighted by Crippen LogP contribution is -2.58. The third kappa shape index (κ3) is 7.66. The van der Waals surface area contributed by atoms with Crippen LogP contribution in [0.3, 0.4) is 0 Å². The Kier molecular flexibility index (Phi) is 10.3. The summed E-state index contributed by atoms with van der Waals surface area (Å²) in [6, 6.07) is 8.01. The molecule has 5 rings (SSSR count). The monoisotopic (exact) mass is 664 g/mol. The number of allylic oxidation sites excluding steroid dienone is 4. The number of fused-ring (bicyclic) bond motifs is 2. The summed E-state index contributed by atoms with van der Waals surface area (Å²) in [6.45, 7) is 9.59. The van der Waals surface area contributed by atoms with Crippen LogP contribution in [0.15, 0.2) is 78.6 Å². The van der Waals surface area contributed by atoms with E-state index < -0.39 is 50.3 Å². The van der Waals surface area contributed by atoms with E-state index in [0.29, 0.717) is 30.6 Å². The van der Waals surface area contributed by atoms with Gasteiger partial charge in [-0.25, -0.2) is 8.42 Å². The molecule has 2 aliphatic carbocycles. The maximum absolute atomic E-state index is 14.4. The van der Waals surface area contributed by atoms with Gasteiger partial charge in [-0.2, -0.15) is 0 Å². The van der Waals surface area contributed by atoms with E-state index >= 15 is 0 Å². The van der Waals surface area contributed by atoms with Gasteiger partial charge in [-0.15, -0.1) is 0 Å². The average Bonchev–Trinajstić information content (AvgIpc) is 3.92. The predicted molar refractivity (Wildman–Crippen MR) is 182 cm³/mol. The topological polar surface area (TPSA) is 134 Å². The lowest BCUT2D eigenvalue weighted by molar-refractivity contribution is -0.140. The van der Waals surface area contributed by atoms with Gasteiger partial charge in [0.2, 0.25) is 21.8 Å². The number of nitrogens with one attached hydrogen (secondary N) is 3. The van der Waals surface area contributed by atoms with Crippen LogP contribution in [0.25, 0.3) is 0 Å². The fraction of sp³-hybridized carbons (Fsp3) is 0.528. The summed E-state index contributed by atoms with van der Waals surface area (Å²) < 4.78 is 33.7. The van der Waals surface area contributed by atoms with Crippen LogP contribution < -0.4 is 15.4 Å². The van der Waals surface area contributed by atoms with Crippen LogP contribution in [0, 0.1) is 5.92 Å². The van der Waals surface area contributed by atoms with Crippen molar-refractivity contribution in [1.29, 1.82) is 0 Å². The van der Waals surface area contributed by atoms with E-state index in [1.807, 2.05) is 68.5 Å². The molecule has 2 heterocycles. The first kappa shape index (κ1) is 34.5. The van der Waals surface area contributed by atoms with Crippen molar-refractivity contribution in [2.75, 3.05) is 11.9 Å². The maximum atomic E-state index is 14.4. The average molecular weight is 665 g/mol. The molecule has 0 radical (unpaired) electrons. The maximum Gasteiger partial charge on any atom is 0.259 e. The molecule has 47 heavy (non-hydrogen) atoms. The number of para-hydroxylation sites is 1. The van der Waals surface area contributed by atoms with Crippen LogP contribution in [-0.2, 0) is 29.1 Å². The third-order valence-electron chi connectivity index (χ3n) is 9.83. The van der Waals surface area contributed by atoms with E-state index in [1.165, 1.54) is 0 Å². The lowest BCUT2D eigenvalue weighted by atomic mass is 10.0. The van der Waals surface area contributed by atoms with Crippen LogP contribution in [0.4, 0.5) is 5.69 Å². The third-order valence-corrected chi connectivity index (χ3v) is 12.0. The zero-order valence-corrected chi connectivity index (χ0v) is 28.5. The molecule has 3 fully saturated rings. The van der Waals surface area contributed by atoms with Crippen LogP contribution in [0.1, 0.15) is 78.6 Å². The van der Waals surface area contributed by atoms with Gasteiger partial charge in [0.25, 0.3) is 5.91 Å². The second-order valence-electron chi connectivity index (χ2n) is 13.4. The smallest absolute Gasteiger partial charge is 0.259 e. The van der Waals surface area contributed by atoms with Crippen molar-refractivity contribution in [1.82, 2.24) is 14.9 Å². The Bertz CT molecular complexity index is 1560. The van der Waals surface area contributed by atoms with Gasteiger partial charge in [0, 0.05) is 23.6 Å². The molecule has 3 N–H and O–H groups in total. The van der Waals surface area contributed by atoms with E-state index in [0.717, 1.165) is 31.4 Å². The van der Waals surface area contributed by atoms with Crippen molar-refractivity contribution in [3.63, 3.8) is 0 Å². The van der Waals surface area contributed by atoms with Gasteiger partial charge in [0.1, 0.15) is 29.5 Å². The van der Waals surface area contributed by atoms with Crippen LogP contribution in [0.2, 0.25) is 0 Å². The highest BCUT2D eigenvalue weighted by Gasteiger charge is 2.63. The molecule has 1 saturated heterocycles. The largest absolute Gasteiger partial charge is 0.488 e. The Morgan fingerprint density at radius 3 is 2.55 bits per heavy atom. The minimum atomic E-state index is -3.92. The molecule has 3 amide bonds. The van der Waals surface area contributed by atoms with Crippen LogP contribution in [-0.4, -0.2) is 66.1 Å². The number of carbonyl (C=O) groups excluding carboxylic acids is 3. The van der Waals surface area contributed by atoms with E-state index in [4.69, 9.17) is 4.74 Å². The summed E-state index contributed by atoms with van der Waals surface area (Å²) >= 11 is 0. The molecule has 5 atom stereocenters. The van der Waals surface area contributed by atoms with Crippen molar-refractivity contribution >= 4 is 33.4 Å². The summed E-state index contributed by atoms with van der Waals surface area (Å²) in [5.41, 5.74) is 0.0593. The summed E-state index contributed by atoms with van der Waals surface area (Å²) in [6.07, 6.45) is 14.3. The summed E-state index contributed by atoms with van der Waals surface area (Å²) in [7, 11) is -3.92. The fourth-order valence-electron chi connectivity index (χ4n) is 6.47. The number of hydrogen-bond acceptors (Lipinski definition) is 7. The van der Waals surface area contributed by atoms with Gasteiger partial charge in [-0.05, 0) is 77.5 Å². The molecule has 0 spiro atoms. The number of ether oxygens (including phenoxy) is 1. The molecular formula is C36H48N4O6S. The molecule has 254 valence electrons. The summed E-state index contributed by atoms with van der Waals surface area (Å²) in [5.74, 6) is -1.26. The standard InChI is InChI=1S/C36H48N4O6S/c1-5-15-25(3)31(6-2)46-28-22-30-32(41)38-36(34(43)39-47(44,45)35(4)20-21-35)23-26(36)16-11-8-7-9-14-19-29(33(42)40(30)24-28)37-27-17-12-10-13-18-27/h5-6,10-13,15-18,26,28-30,37H,3,7-9,14,19-24H2,1-2,4H3,(H,38,41)(H,39,43)/b15-5-,16-11-,31-6+/t26-,28-,29+,30+,36-/m1/s1. The minimum Gasteiger partial charge on any atom is -0.488 e. The minimum absolute atomic E-state index is 0.166. The summed E-state index contributed by atoms with van der Waals surface area (Å²) in [4.78, 5) is 43.9. The Labute approximate surface area is 278 Å². The second-order valence-corrected chi connectivity index (χ2v) is 15.6. The fourth-order valence-corrected chi connectivity index (χ4v) is 7.79. The number of nitrogens with zero attached hydrogens (tertiary/aromatic N) is 1. The highest BCUT2D eigenvalue weighted by molar-refractivity contribution is 7.91. The van der Waals surface area contributed by atoms with Gasteiger partial charge < -0.3 is 20.3 Å². The Balaban J connectivity index is 1.45. The quantitative estimate of drug-likeness (QED) is 0.195. The van der Waals surface area contributed by atoms with E-state index in [9.17, 15) is 22.8 Å². The Hall–Kier alpha value is -3.86. The molecule has 0 unspecified atom stereocenters. The van der Waals surface area contributed by atoms with Crippen LogP contribution >= 0.6 is 0 Å². The predicted octanol–water partition coefficient (Wildman–Crippen LogP) is 4.88. The molecule has 0 bridgehead atoms. The molecule has 1 aromatic carbocycles. The van der Waals surface area contributed by atoms with Gasteiger partial charge >= 0.3 is 0 Å². The van der Waals surface area contributed by atoms with Crippen LogP contribution in [0.5, 0.6) is 0 Å². The normalized spacial score (nSPS) is 30.2. The SMILES string of the molecule is C=C(/C=C\C)/C(=C\C)O[C@@H]1C[C@H]2C(=O)N[C@]3(C(=O)NS(=O)(=O)C4(C)CC4)C[C@H]3/C=C\CCCCC[C@H](Nc3ccccc3)C(=O)N2C1. The first-order valence-electron chi connectivity index (χ1n) is 16.8. The number of amides is 3. The lowest BCUT2D eigenvalue weighted by Gasteiger charge is -2.30. The number of rotatable bonds is 9. The zero-order chi connectivity index (χ0) is 33.8. The number of sulfonamides is 1. The number of carbonyl (C=O) groups is 3. The molecular weight excluding hydrogens is 616 g/mol. The molecule has 2 aliphatic heterocycles. The highest BCUT2D eigenvalue weighted by atomic mass is 32.2. The Morgan fingerprint density at radius 2 is 1.87 bits per heavy atom. The van der Waals surface area contributed by atoms with Crippen molar-refractivity contribution in [2.45, 2.75) is 107 Å². The molecule has 2 saturated carbocycles. The van der Waals surface area contributed by atoms with Crippen molar-refractivity contribution < 1.29 is 27.5 Å². The molecule has 10 nitrogen and oxygen atoms in total. The highest BCUT2D eigenvalue weighted by Crippen LogP contribution is 2.47.